The van der Waals surface area contributed by atoms with Gasteiger partial charge in [0.1, 0.15) is 32.3 Å². The van der Waals surface area contributed by atoms with Gasteiger partial charge in [-0.15, -0.1) is 0 Å². The molecule has 0 aromatic heterocycles. The van der Waals surface area contributed by atoms with Gasteiger partial charge in [0.05, 0.1) is 17.5 Å². The zero-order valence-electron chi connectivity index (χ0n) is 26.2. The SMILES string of the molecule is B[C@@H]1O[C@@](CO[Si](c2ccccc2)(c2ccccc2)C(C)(C)C)(COS(=O)(=O)c2ccc(C)cc2)C(OCCCC)[C@@H]1O. The van der Waals surface area contributed by atoms with Crippen molar-refractivity contribution in [2.45, 2.75) is 81.2 Å². The van der Waals surface area contributed by atoms with Crippen LogP contribution in [0.1, 0.15) is 46.1 Å². The van der Waals surface area contributed by atoms with Gasteiger partial charge in [-0.1, -0.05) is 112 Å². The predicted molar refractivity (Wildman–Crippen MR) is 175 cm³/mol. The van der Waals surface area contributed by atoms with E-state index in [4.69, 9.17) is 18.1 Å². The number of hydrogen-bond donors (Lipinski definition) is 1. The monoisotopic (exact) mass is 624 g/mol. The molecule has 1 unspecified atom stereocenters. The minimum absolute atomic E-state index is 0.0398. The Morgan fingerprint density at radius 1 is 0.930 bits per heavy atom. The molecule has 3 aromatic rings. The summed E-state index contributed by atoms with van der Waals surface area (Å²) in [7, 11) is -5.41. The lowest BCUT2D eigenvalue weighted by Gasteiger charge is -2.45. The van der Waals surface area contributed by atoms with E-state index in [1.165, 1.54) is 12.1 Å². The van der Waals surface area contributed by atoms with Gasteiger partial charge in [0.25, 0.3) is 18.4 Å². The summed E-state index contributed by atoms with van der Waals surface area (Å²) in [6, 6.07) is 26.3. The largest absolute Gasteiger partial charge is 0.404 e. The zero-order valence-corrected chi connectivity index (χ0v) is 28.0. The Morgan fingerprint density at radius 2 is 1.49 bits per heavy atom. The molecule has 7 nitrogen and oxygen atoms in total. The summed E-state index contributed by atoms with van der Waals surface area (Å²) < 4.78 is 52.4. The van der Waals surface area contributed by atoms with E-state index in [1.54, 1.807) is 20.0 Å². The fraction of sp³-hybridized carbons (Fsp3) is 0.455. The highest BCUT2D eigenvalue weighted by atomic mass is 32.2. The summed E-state index contributed by atoms with van der Waals surface area (Å²) in [5, 5.41) is 13.1. The number of benzene rings is 3. The van der Waals surface area contributed by atoms with Gasteiger partial charge in [-0.3, -0.25) is 4.18 Å². The Bertz CT molecular complexity index is 1380. The summed E-state index contributed by atoms with van der Waals surface area (Å²) in [6.07, 6.45) is -0.166. The maximum atomic E-state index is 13.4. The molecular weight excluding hydrogens is 579 g/mol. The molecule has 1 saturated heterocycles. The minimum Gasteiger partial charge on any atom is -0.404 e. The first-order chi connectivity index (χ1) is 20.4. The Balaban J connectivity index is 1.78. The number of unbranched alkanes of at least 4 members (excludes halogenated alkanes) is 1. The van der Waals surface area contributed by atoms with Crippen LogP contribution >= 0.6 is 0 Å². The quantitative estimate of drug-likeness (QED) is 0.177. The van der Waals surface area contributed by atoms with Crippen LogP contribution in [-0.2, 0) is 28.2 Å². The average Bonchev–Trinajstić information content (AvgIpc) is 3.22. The molecule has 1 N–H and O–H groups in total. The van der Waals surface area contributed by atoms with Crippen LogP contribution in [0.5, 0.6) is 0 Å². The lowest BCUT2D eigenvalue weighted by atomic mass is 9.89. The predicted octanol–water partition coefficient (Wildman–Crippen LogP) is 3.55. The van der Waals surface area contributed by atoms with Crippen LogP contribution in [0.25, 0.3) is 0 Å². The number of rotatable bonds is 13. The van der Waals surface area contributed by atoms with Gasteiger partial charge >= 0.3 is 0 Å². The van der Waals surface area contributed by atoms with Gasteiger partial charge < -0.3 is 19.0 Å². The highest BCUT2D eigenvalue weighted by Crippen LogP contribution is 2.40. The summed E-state index contributed by atoms with van der Waals surface area (Å²) in [5.41, 5.74) is -0.452. The fourth-order valence-corrected chi connectivity index (χ4v) is 11.5. The van der Waals surface area contributed by atoms with E-state index >= 15 is 0 Å². The Morgan fingerprint density at radius 3 is 2.00 bits per heavy atom. The fourth-order valence-electron chi connectivity index (χ4n) is 5.89. The molecule has 4 rings (SSSR count). The van der Waals surface area contributed by atoms with Crippen LogP contribution in [0.15, 0.2) is 89.8 Å². The molecule has 0 amide bonds. The second-order valence-electron chi connectivity index (χ2n) is 12.5. The van der Waals surface area contributed by atoms with E-state index in [-0.39, 0.29) is 23.1 Å². The molecule has 0 bridgehead atoms. The van der Waals surface area contributed by atoms with Crippen molar-refractivity contribution in [3.63, 3.8) is 0 Å². The second kappa shape index (κ2) is 13.8. The molecule has 0 saturated carbocycles. The first-order valence-corrected chi connectivity index (χ1v) is 18.4. The van der Waals surface area contributed by atoms with Crippen molar-refractivity contribution in [1.29, 1.82) is 0 Å². The van der Waals surface area contributed by atoms with Crippen LogP contribution in [0.3, 0.4) is 0 Å². The second-order valence-corrected chi connectivity index (χ2v) is 18.4. The molecule has 4 atom stereocenters. The van der Waals surface area contributed by atoms with Gasteiger partial charge in [-0.05, 0) is 40.9 Å². The summed E-state index contributed by atoms with van der Waals surface area (Å²) >= 11 is 0. The van der Waals surface area contributed by atoms with Crippen LogP contribution in [0.2, 0.25) is 5.04 Å². The van der Waals surface area contributed by atoms with E-state index in [1.807, 2.05) is 43.3 Å². The summed E-state index contributed by atoms with van der Waals surface area (Å²) in [6.45, 7) is 10.4. The molecule has 1 fully saturated rings. The van der Waals surface area contributed by atoms with Crippen LogP contribution in [-0.4, -0.2) is 73.3 Å². The van der Waals surface area contributed by atoms with Gasteiger partial charge in [-0.25, -0.2) is 0 Å². The molecular formula is C33H45BO7SSi. The van der Waals surface area contributed by atoms with E-state index < -0.39 is 42.2 Å². The first kappa shape index (κ1) is 33.6. The van der Waals surface area contributed by atoms with E-state index in [9.17, 15) is 13.5 Å². The number of aliphatic hydroxyl groups is 1. The van der Waals surface area contributed by atoms with Gasteiger partial charge in [0.15, 0.2) is 0 Å². The van der Waals surface area contributed by atoms with E-state index in [2.05, 4.69) is 52.0 Å². The molecule has 10 heteroatoms. The van der Waals surface area contributed by atoms with Crippen LogP contribution < -0.4 is 10.4 Å². The molecule has 0 spiro atoms. The number of aryl methyl sites for hydroxylation is 1. The van der Waals surface area contributed by atoms with Crippen molar-refractivity contribution in [3.8, 4) is 0 Å². The van der Waals surface area contributed by atoms with Crippen LogP contribution in [0, 0.1) is 6.92 Å². The third-order valence-electron chi connectivity index (χ3n) is 8.24. The van der Waals surface area contributed by atoms with Gasteiger partial charge in [-0.2, -0.15) is 8.42 Å². The third-order valence-corrected chi connectivity index (χ3v) is 14.5. The minimum atomic E-state index is -4.13. The molecule has 0 radical (unpaired) electrons. The molecule has 3 aromatic carbocycles. The van der Waals surface area contributed by atoms with E-state index in [0.717, 1.165) is 28.8 Å². The van der Waals surface area contributed by atoms with Crippen molar-refractivity contribution in [2.24, 2.45) is 0 Å². The maximum Gasteiger partial charge on any atom is 0.297 e. The van der Waals surface area contributed by atoms with Crippen molar-refractivity contribution in [2.75, 3.05) is 19.8 Å². The van der Waals surface area contributed by atoms with Crippen molar-refractivity contribution >= 4 is 36.7 Å². The number of aliphatic hydroxyl groups excluding tert-OH is 1. The molecule has 1 heterocycles. The zero-order chi connectivity index (χ0) is 31.3. The number of hydrogen-bond acceptors (Lipinski definition) is 7. The smallest absolute Gasteiger partial charge is 0.297 e. The molecule has 1 aliphatic rings. The van der Waals surface area contributed by atoms with Crippen LogP contribution in [0.4, 0.5) is 0 Å². The topological polar surface area (TPSA) is 91.3 Å². The number of ether oxygens (including phenoxy) is 2. The van der Waals surface area contributed by atoms with Gasteiger partial charge in [0, 0.05) is 6.61 Å². The summed E-state index contributed by atoms with van der Waals surface area (Å²) in [4.78, 5) is 0.0520. The molecule has 232 valence electrons. The Labute approximate surface area is 259 Å². The van der Waals surface area contributed by atoms with Crippen molar-refractivity contribution in [1.82, 2.24) is 0 Å². The lowest BCUT2D eigenvalue weighted by Crippen LogP contribution is -2.68. The van der Waals surface area contributed by atoms with Gasteiger partial charge in [0.2, 0.25) is 0 Å². The van der Waals surface area contributed by atoms with Crippen molar-refractivity contribution < 1.29 is 31.6 Å². The highest BCUT2D eigenvalue weighted by Gasteiger charge is 2.58. The highest BCUT2D eigenvalue weighted by molar-refractivity contribution is 7.86. The molecule has 1 aliphatic heterocycles. The average molecular weight is 625 g/mol. The maximum absolute atomic E-state index is 13.4. The normalized spacial score (nSPS) is 23.0. The standard InChI is InChI=1S/C33H45BO7SSi/c1-6-7-22-38-30-29(35)31(34)41-33(30,23-39-42(36,37)26-20-18-25(2)19-21-26)24-40-43(32(3,4)5,27-14-10-8-11-15-27)28-16-12-9-13-17-28/h8-21,29-31,35H,6-7,22-24,34H2,1-5H3/t29-,30?,31+,33+/m0/s1. The van der Waals surface area contributed by atoms with E-state index in [0.29, 0.717) is 6.61 Å². The lowest BCUT2D eigenvalue weighted by molar-refractivity contribution is -0.137. The Kier molecular flexibility index (Phi) is 10.8. The molecule has 43 heavy (non-hydrogen) atoms. The Hall–Kier alpha value is -2.31. The van der Waals surface area contributed by atoms with Crippen molar-refractivity contribution in [3.05, 3.63) is 90.5 Å². The third kappa shape index (κ3) is 7.17. The summed E-state index contributed by atoms with van der Waals surface area (Å²) in [5.74, 6) is 0. The molecule has 0 aliphatic carbocycles. The first-order valence-electron chi connectivity index (χ1n) is 15.0.